The van der Waals surface area contributed by atoms with Gasteiger partial charge in [-0.15, -0.1) is 0 Å². The van der Waals surface area contributed by atoms with E-state index in [-0.39, 0.29) is 10.9 Å². The Hall–Kier alpha value is -1.83. The molecule has 8 nitrogen and oxygen atoms in total. The minimum Gasteiger partial charge on any atom is -0.472 e. The predicted octanol–water partition coefficient (Wildman–Crippen LogP) is 1.48. The summed E-state index contributed by atoms with van der Waals surface area (Å²) in [6.45, 7) is 13.8. The van der Waals surface area contributed by atoms with Crippen molar-refractivity contribution in [1.82, 2.24) is 5.32 Å². The summed E-state index contributed by atoms with van der Waals surface area (Å²) in [7, 11) is -2.09. The van der Waals surface area contributed by atoms with Crippen LogP contribution in [-0.4, -0.2) is 53.7 Å². The lowest BCUT2D eigenvalue weighted by atomic mass is 9.76. The molecule has 0 unspecified atom stereocenters. The van der Waals surface area contributed by atoms with Gasteiger partial charge in [-0.1, -0.05) is 27.7 Å². The summed E-state index contributed by atoms with van der Waals surface area (Å²) >= 11 is 0. The maximum atomic E-state index is 12.3. The zero-order valence-corrected chi connectivity index (χ0v) is 16.8. The molecule has 1 heterocycles. The van der Waals surface area contributed by atoms with Crippen molar-refractivity contribution in [3.8, 4) is 0 Å². The number of aliphatic carboxylic acids is 1. The number of nitrogens with one attached hydrogen (secondary N) is 2. The predicted molar refractivity (Wildman–Crippen MR) is 93.0 cm³/mol. The van der Waals surface area contributed by atoms with Crippen molar-refractivity contribution in [1.29, 1.82) is 5.53 Å². The number of hydrogen-bond acceptors (Lipinski definition) is 5. The molecule has 3 N–H and O–H groups in total. The molecule has 0 aromatic heterocycles. The molecule has 1 saturated heterocycles. The molecule has 0 saturated carbocycles. The Labute approximate surface area is 148 Å². The molecule has 1 rings (SSSR count). The summed E-state index contributed by atoms with van der Waals surface area (Å²) < 4.78 is 6.25. The minimum atomic E-state index is -2.09. The molecule has 1 aliphatic heterocycles. The number of carboxylic acids is 1. The first-order valence-corrected chi connectivity index (χ1v) is 11.2. The Morgan fingerprint density at radius 3 is 2.20 bits per heavy atom. The molecular formula is C16H28N3O5Si+. The molecule has 1 fully saturated rings. The van der Waals surface area contributed by atoms with Crippen molar-refractivity contribution in [2.75, 3.05) is 0 Å². The molecule has 0 bridgehead atoms. The number of nitrogens with zero attached hydrogens (tertiary/aromatic N) is 1. The van der Waals surface area contributed by atoms with Gasteiger partial charge in [-0.3, -0.25) is 9.59 Å². The second-order valence-corrected chi connectivity index (χ2v) is 12.8. The molecule has 0 aromatic rings. The second kappa shape index (κ2) is 7.19. The number of β-lactam (4-membered cyclic amide) rings is 1. The van der Waals surface area contributed by atoms with Gasteiger partial charge in [0.15, 0.2) is 8.32 Å². The molecule has 1 aliphatic rings. The summed E-state index contributed by atoms with van der Waals surface area (Å²) in [5, 5.41) is 11.6. The smallest absolute Gasteiger partial charge is 0.472 e. The molecule has 0 aromatic carbocycles. The molecule has 9 heteroatoms. The summed E-state index contributed by atoms with van der Waals surface area (Å²) in [4.78, 5) is 38.1. The molecule has 1 amide bonds. The molecule has 140 valence electrons. The van der Waals surface area contributed by atoms with Crippen LogP contribution in [0.4, 0.5) is 0 Å². The third kappa shape index (κ3) is 4.23. The third-order valence-electron chi connectivity index (χ3n) is 5.29. The van der Waals surface area contributed by atoms with Gasteiger partial charge in [0.1, 0.15) is 0 Å². The normalized spacial score (nSPS) is 22.9. The van der Waals surface area contributed by atoms with Gasteiger partial charge in [0, 0.05) is 5.92 Å². The van der Waals surface area contributed by atoms with E-state index >= 15 is 0 Å². The zero-order valence-electron chi connectivity index (χ0n) is 15.8. The van der Waals surface area contributed by atoms with Crippen LogP contribution in [0.3, 0.4) is 0 Å². The van der Waals surface area contributed by atoms with Gasteiger partial charge in [0.05, 0.1) is 28.4 Å². The molecule has 0 spiro atoms. The fourth-order valence-electron chi connectivity index (χ4n) is 2.66. The van der Waals surface area contributed by atoms with Gasteiger partial charge in [-0.05, 0) is 25.1 Å². The van der Waals surface area contributed by atoms with Gasteiger partial charge in [-0.2, -0.15) is 0 Å². The van der Waals surface area contributed by atoms with Gasteiger partial charge in [-0.25, -0.2) is 4.79 Å². The first-order chi connectivity index (χ1) is 11.2. The van der Waals surface area contributed by atoms with E-state index in [0.29, 0.717) is 0 Å². The van der Waals surface area contributed by atoms with E-state index < -0.39 is 49.8 Å². The van der Waals surface area contributed by atoms with Crippen molar-refractivity contribution >= 4 is 31.7 Å². The monoisotopic (exact) mass is 370 g/mol. The van der Waals surface area contributed by atoms with Crippen molar-refractivity contribution in [3.05, 3.63) is 0 Å². The number of rotatable bonds is 7. The second-order valence-electron chi connectivity index (χ2n) is 8.06. The Morgan fingerprint density at radius 2 is 1.84 bits per heavy atom. The Bertz CT molecular complexity index is 634. The highest BCUT2D eigenvalue weighted by molar-refractivity contribution is 6.74. The van der Waals surface area contributed by atoms with E-state index in [4.69, 9.17) is 15.1 Å². The van der Waals surface area contributed by atoms with Gasteiger partial charge < -0.3 is 14.8 Å². The zero-order chi connectivity index (χ0) is 19.7. The molecule has 0 radical (unpaired) electrons. The van der Waals surface area contributed by atoms with Crippen molar-refractivity contribution in [2.24, 2.45) is 11.8 Å². The molecule has 25 heavy (non-hydrogen) atoms. The van der Waals surface area contributed by atoms with E-state index in [9.17, 15) is 14.4 Å². The van der Waals surface area contributed by atoms with Gasteiger partial charge >= 0.3 is 11.7 Å². The van der Waals surface area contributed by atoms with E-state index in [0.717, 1.165) is 0 Å². The standard InChI is InChI=1S/C16H27N3O5Si/c1-8(13(20)12(19-17)15(22)23)11-10(14(21)18-11)9(2)24-25(6,7)16(3,4)5/h8-11,17H,1-7H3,(H-,18,21,22,23)/p+1/t8-,9-,10-,11-/m1/s1. The first-order valence-electron chi connectivity index (χ1n) is 8.24. The number of carboxylic acid groups (broad SMARTS) is 1. The van der Waals surface area contributed by atoms with Crippen LogP contribution in [0.15, 0.2) is 0 Å². The highest BCUT2D eigenvalue weighted by Crippen LogP contribution is 2.39. The maximum Gasteiger partial charge on any atom is 0.490 e. The van der Waals surface area contributed by atoms with Crippen LogP contribution in [0.5, 0.6) is 0 Å². The average Bonchev–Trinajstić information content (AvgIpc) is 2.41. The SMILES string of the molecule is C[C@@H](O[Si](C)(C)C(C)(C)C)[C@H]1C(=O)N[C@@H]1[C@@H](C)C(=O)C(=[N+]=N)C(=O)O. The van der Waals surface area contributed by atoms with E-state index in [2.05, 4.69) is 44.0 Å². The molecular weight excluding hydrogens is 342 g/mol. The van der Waals surface area contributed by atoms with Crippen LogP contribution < -0.4 is 5.32 Å². The van der Waals surface area contributed by atoms with Gasteiger partial charge in [0.25, 0.3) is 5.78 Å². The average molecular weight is 371 g/mol. The van der Waals surface area contributed by atoms with Crippen molar-refractivity contribution in [3.63, 3.8) is 0 Å². The summed E-state index contributed by atoms with van der Waals surface area (Å²) in [5.74, 6) is -3.85. The van der Waals surface area contributed by atoms with Crippen LogP contribution in [0, 0.1) is 17.4 Å². The topological polar surface area (TPSA) is 131 Å². The third-order valence-corrected chi connectivity index (χ3v) is 9.86. The Balaban J connectivity index is 2.94. The number of carbonyl (C=O) groups is 3. The number of ketones is 1. The van der Waals surface area contributed by atoms with Crippen LogP contribution in [0.2, 0.25) is 18.1 Å². The lowest BCUT2D eigenvalue weighted by molar-refractivity contribution is -0.155. The molecule has 0 aliphatic carbocycles. The van der Waals surface area contributed by atoms with E-state index in [1.165, 1.54) is 6.92 Å². The van der Waals surface area contributed by atoms with Crippen LogP contribution in [0.25, 0.3) is 0 Å². The first kappa shape index (κ1) is 21.2. The largest absolute Gasteiger partial charge is 0.490 e. The highest BCUT2D eigenvalue weighted by atomic mass is 28.4. The van der Waals surface area contributed by atoms with Crippen LogP contribution in [-0.2, 0) is 18.8 Å². The van der Waals surface area contributed by atoms with Crippen molar-refractivity contribution in [2.45, 2.75) is 64.9 Å². The van der Waals surface area contributed by atoms with E-state index in [1.54, 1.807) is 0 Å². The van der Waals surface area contributed by atoms with Crippen LogP contribution >= 0.6 is 0 Å². The Kier molecular flexibility index (Phi) is 6.10. The number of amides is 1. The maximum absolute atomic E-state index is 12.3. The summed E-state index contributed by atoms with van der Waals surface area (Å²) in [5.41, 5.74) is 6.04. The number of hydrogen-bond donors (Lipinski definition) is 3. The quantitative estimate of drug-likeness (QED) is 0.156. The summed E-state index contributed by atoms with van der Waals surface area (Å²) in [6.07, 6.45) is -0.392. The Morgan fingerprint density at radius 1 is 1.32 bits per heavy atom. The van der Waals surface area contributed by atoms with Crippen molar-refractivity contribution < 1.29 is 28.7 Å². The van der Waals surface area contributed by atoms with E-state index in [1.807, 2.05) is 6.92 Å². The number of carbonyl (C=O) groups excluding carboxylic acids is 2. The molecule has 4 atom stereocenters. The van der Waals surface area contributed by atoms with Crippen LogP contribution in [0.1, 0.15) is 34.6 Å². The number of Topliss-reactive ketones (excluding diaryl/α,β-unsaturated/α-hetero) is 1. The summed E-state index contributed by atoms with van der Waals surface area (Å²) in [6, 6.07) is -0.532. The highest BCUT2D eigenvalue weighted by Gasteiger charge is 2.52. The van der Waals surface area contributed by atoms with Gasteiger partial charge in [0.2, 0.25) is 5.91 Å². The fraction of sp³-hybridized carbons (Fsp3) is 0.750. The lowest BCUT2D eigenvalue weighted by Crippen LogP contribution is -2.67. The lowest BCUT2D eigenvalue weighted by Gasteiger charge is -2.46. The minimum absolute atomic E-state index is 0.0211. The fourth-order valence-corrected chi connectivity index (χ4v) is 4.09.